The molecule has 0 aliphatic carbocycles. The topological polar surface area (TPSA) is 90.0 Å². The zero-order valence-electron chi connectivity index (χ0n) is 16.2. The van der Waals surface area contributed by atoms with Crippen LogP contribution in [-0.4, -0.2) is 54.7 Å². The fourth-order valence-electron chi connectivity index (χ4n) is 3.36. The number of nitrogens with zero attached hydrogens (tertiary/aromatic N) is 2. The van der Waals surface area contributed by atoms with E-state index in [-0.39, 0.29) is 24.5 Å². The molecule has 1 aromatic carbocycles. The Bertz CT molecular complexity index is 894. The SMILES string of the molecule is COc1cccc(OCC(=O)N2CCc3nc(NC(=O)C4CCCO4)sc3C2)c1. The van der Waals surface area contributed by atoms with Crippen LogP contribution in [0.3, 0.4) is 0 Å². The molecule has 29 heavy (non-hydrogen) atoms. The molecule has 2 aromatic rings. The van der Waals surface area contributed by atoms with Gasteiger partial charge in [-0.2, -0.15) is 0 Å². The summed E-state index contributed by atoms with van der Waals surface area (Å²) in [4.78, 5) is 32.0. The Hall–Kier alpha value is -2.65. The molecule has 9 heteroatoms. The van der Waals surface area contributed by atoms with Crippen LogP contribution in [0.25, 0.3) is 0 Å². The van der Waals surface area contributed by atoms with Crippen LogP contribution in [0.4, 0.5) is 5.13 Å². The van der Waals surface area contributed by atoms with Crippen LogP contribution in [-0.2, 0) is 27.3 Å². The second-order valence-electron chi connectivity index (χ2n) is 6.91. The van der Waals surface area contributed by atoms with Crippen molar-refractivity contribution in [1.29, 1.82) is 0 Å². The normalized spacial score (nSPS) is 18.2. The highest BCUT2D eigenvalue weighted by Gasteiger charge is 2.27. The number of anilines is 1. The van der Waals surface area contributed by atoms with Crippen molar-refractivity contribution >= 4 is 28.3 Å². The maximum Gasteiger partial charge on any atom is 0.260 e. The fraction of sp³-hybridized carbons (Fsp3) is 0.450. The molecule has 2 aliphatic heterocycles. The van der Waals surface area contributed by atoms with Crippen LogP contribution in [0.1, 0.15) is 23.4 Å². The van der Waals surface area contributed by atoms with Gasteiger partial charge >= 0.3 is 0 Å². The number of fused-ring (bicyclic) bond motifs is 1. The van der Waals surface area contributed by atoms with E-state index >= 15 is 0 Å². The standard InChI is InChI=1S/C20H23N3O5S/c1-26-13-4-2-5-14(10-13)28-12-18(24)23-8-7-15-17(11-23)29-20(21-15)22-19(25)16-6-3-9-27-16/h2,4-5,10,16H,3,6-9,11-12H2,1H3,(H,21,22,25). The first-order valence-corrected chi connectivity index (χ1v) is 10.4. The van der Waals surface area contributed by atoms with Crippen LogP contribution in [0, 0.1) is 0 Å². The largest absolute Gasteiger partial charge is 0.497 e. The van der Waals surface area contributed by atoms with Gasteiger partial charge in [-0.15, -0.1) is 0 Å². The van der Waals surface area contributed by atoms with Gasteiger partial charge in [-0.3, -0.25) is 14.9 Å². The number of benzene rings is 1. The number of aromatic nitrogens is 1. The number of carbonyl (C=O) groups excluding carboxylic acids is 2. The van der Waals surface area contributed by atoms with Crippen LogP contribution in [0.2, 0.25) is 0 Å². The molecule has 0 spiro atoms. The number of methoxy groups -OCH3 is 1. The zero-order valence-corrected chi connectivity index (χ0v) is 17.0. The lowest BCUT2D eigenvalue weighted by molar-refractivity contribution is -0.134. The van der Waals surface area contributed by atoms with Crippen molar-refractivity contribution in [2.75, 3.05) is 32.2 Å². The molecule has 1 unspecified atom stereocenters. The van der Waals surface area contributed by atoms with Crippen LogP contribution in [0.5, 0.6) is 11.5 Å². The van der Waals surface area contributed by atoms with E-state index in [0.29, 0.717) is 42.7 Å². The number of carbonyl (C=O) groups is 2. The van der Waals surface area contributed by atoms with Crippen molar-refractivity contribution in [1.82, 2.24) is 9.88 Å². The molecule has 1 N–H and O–H groups in total. The molecule has 8 nitrogen and oxygen atoms in total. The highest BCUT2D eigenvalue weighted by molar-refractivity contribution is 7.15. The van der Waals surface area contributed by atoms with Crippen molar-refractivity contribution in [3.63, 3.8) is 0 Å². The lowest BCUT2D eigenvalue weighted by Gasteiger charge is -2.26. The number of nitrogens with one attached hydrogen (secondary N) is 1. The van der Waals surface area contributed by atoms with Gasteiger partial charge in [0, 0.05) is 30.5 Å². The van der Waals surface area contributed by atoms with E-state index in [4.69, 9.17) is 14.2 Å². The van der Waals surface area contributed by atoms with Crippen molar-refractivity contribution in [3.05, 3.63) is 34.8 Å². The van der Waals surface area contributed by atoms with E-state index in [9.17, 15) is 9.59 Å². The van der Waals surface area contributed by atoms with Crippen molar-refractivity contribution < 1.29 is 23.8 Å². The Morgan fingerprint density at radius 3 is 3.03 bits per heavy atom. The predicted octanol–water partition coefficient (Wildman–Crippen LogP) is 2.23. The fourth-order valence-corrected chi connectivity index (χ4v) is 4.39. The number of hydrogen-bond donors (Lipinski definition) is 1. The quantitative estimate of drug-likeness (QED) is 0.775. The van der Waals surface area contributed by atoms with Gasteiger partial charge in [0.05, 0.1) is 19.3 Å². The first-order chi connectivity index (χ1) is 14.1. The molecule has 2 amide bonds. The molecule has 1 aromatic heterocycles. The van der Waals surface area contributed by atoms with Crippen molar-refractivity contribution in [2.24, 2.45) is 0 Å². The minimum Gasteiger partial charge on any atom is -0.497 e. The number of ether oxygens (including phenoxy) is 3. The van der Waals surface area contributed by atoms with Gasteiger partial charge in [-0.25, -0.2) is 4.98 Å². The Morgan fingerprint density at radius 1 is 1.38 bits per heavy atom. The first-order valence-electron chi connectivity index (χ1n) is 9.58. The van der Waals surface area contributed by atoms with E-state index in [1.165, 1.54) is 11.3 Å². The molecular weight excluding hydrogens is 394 g/mol. The van der Waals surface area contributed by atoms with E-state index in [2.05, 4.69) is 10.3 Å². The average Bonchev–Trinajstić information content (AvgIpc) is 3.41. The Kier molecular flexibility index (Phi) is 5.96. The third-order valence-corrected chi connectivity index (χ3v) is 5.94. The molecular formula is C20H23N3O5S. The highest BCUT2D eigenvalue weighted by atomic mass is 32.1. The van der Waals surface area contributed by atoms with E-state index in [0.717, 1.165) is 23.4 Å². The van der Waals surface area contributed by atoms with Crippen LogP contribution in [0.15, 0.2) is 24.3 Å². The summed E-state index contributed by atoms with van der Waals surface area (Å²) in [6.07, 6.45) is 1.92. The van der Waals surface area contributed by atoms with Crippen molar-refractivity contribution in [2.45, 2.75) is 31.9 Å². The van der Waals surface area contributed by atoms with Crippen LogP contribution < -0.4 is 14.8 Å². The van der Waals surface area contributed by atoms with Gasteiger partial charge in [-0.1, -0.05) is 17.4 Å². The minimum absolute atomic E-state index is 0.0378. The third kappa shape index (κ3) is 4.68. The lowest BCUT2D eigenvalue weighted by Crippen LogP contribution is -2.38. The maximum absolute atomic E-state index is 12.6. The maximum atomic E-state index is 12.6. The average molecular weight is 417 g/mol. The van der Waals surface area contributed by atoms with E-state index in [1.54, 1.807) is 24.1 Å². The monoisotopic (exact) mass is 417 g/mol. The molecule has 0 bridgehead atoms. The molecule has 1 saturated heterocycles. The summed E-state index contributed by atoms with van der Waals surface area (Å²) in [5, 5.41) is 3.41. The summed E-state index contributed by atoms with van der Waals surface area (Å²) < 4.78 is 16.2. The number of amides is 2. The Morgan fingerprint density at radius 2 is 2.24 bits per heavy atom. The van der Waals surface area contributed by atoms with E-state index < -0.39 is 0 Å². The second-order valence-corrected chi connectivity index (χ2v) is 8.00. The predicted molar refractivity (Wildman–Crippen MR) is 107 cm³/mol. The minimum atomic E-state index is -0.386. The van der Waals surface area contributed by atoms with Gasteiger partial charge in [-0.05, 0) is 25.0 Å². The first kappa shape index (κ1) is 19.7. The molecule has 1 atom stereocenters. The summed E-state index contributed by atoms with van der Waals surface area (Å²) in [6, 6.07) is 7.17. The molecule has 0 saturated carbocycles. The van der Waals surface area contributed by atoms with Gasteiger partial charge in [0.25, 0.3) is 11.8 Å². The third-order valence-electron chi connectivity index (χ3n) is 4.94. The highest BCUT2D eigenvalue weighted by Crippen LogP contribution is 2.29. The van der Waals surface area contributed by atoms with Gasteiger partial charge in [0.15, 0.2) is 11.7 Å². The summed E-state index contributed by atoms with van der Waals surface area (Å²) in [6.45, 7) is 1.64. The number of rotatable bonds is 6. The Balaban J connectivity index is 1.32. The van der Waals surface area contributed by atoms with E-state index in [1.807, 2.05) is 12.1 Å². The molecule has 2 aliphatic rings. The van der Waals surface area contributed by atoms with Gasteiger partial charge in [0.2, 0.25) is 0 Å². The van der Waals surface area contributed by atoms with Crippen molar-refractivity contribution in [3.8, 4) is 11.5 Å². The molecule has 154 valence electrons. The zero-order chi connectivity index (χ0) is 20.2. The molecule has 0 radical (unpaired) electrons. The van der Waals surface area contributed by atoms with Gasteiger partial charge < -0.3 is 19.1 Å². The molecule has 4 rings (SSSR count). The Labute approximate surface area is 172 Å². The van der Waals surface area contributed by atoms with Crippen LogP contribution >= 0.6 is 11.3 Å². The number of hydrogen-bond acceptors (Lipinski definition) is 7. The summed E-state index contributed by atoms with van der Waals surface area (Å²) in [5.74, 6) is 1.04. The lowest BCUT2D eigenvalue weighted by atomic mass is 10.2. The summed E-state index contributed by atoms with van der Waals surface area (Å²) >= 11 is 1.41. The smallest absolute Gasteiger partial charge is 0.260 e. The summed E-state index contributed by atoms with van der Waals surface area (Å²) in [7, 11) is 1.59. The second kappa shape index (κ2) is 8.79. The van der Waals surface area contributed by atoms with Gasteiger partial charge in [0.1, 0.15) is 17.6 Å². The summed E-state index contributed by atoms with van der Waals surface area (Å²) in [5.41, 5.74) is 0.940. The number of thiazole rings is 1. The molecule has 1 fully saturated rings. The molecule has 3 heterocycles.